The first-order valence-corrected chi connectivity index (χ1v) is 14.4. The van der Waals surface area contributed by atoms with Gasteiger partial charge >= 0.3 is 6.03 Å². The fourth-order valence-corrected chi connectivity index (χ4v) is 3.26. The molecule has 0 radical (unpaired) electrons. The highest BCUT2D eigenvalue weighted by molar-refractivity contribution is 5.96. The lowest BCUT2D eigenvalue weighted by Crippen LogP contribution is -2.56. The molecule has 0 N–H and O–H groups in total. The van der Waals surface area contributed by atoms with Crippen molar-refractivity contribution in [2.75, 3.05) is 13.6 Å². The fourth-order valence-electron chi connectivity index (χ4n) is 3.26. The number of carbonyl (C=O) groups excluding carboxylic acids is 2. The molecule has 0 spiro atoms. The van der Waals surface area contributed by atoms with Gasteiger partial charge in [0.05, 0.1) is 5.54 Å². The molecule has 1 fully saturated rings. The molecule has 35 heavy (non-hydrogen) atoms. The van der Waals surface area contributed by atoms with E-state index in [4.69, 9.17) is 0 Å². The second-order valence-corrected chi connectivity index (χ2v) is 8.31. The van der Waals surface area contributed by atoms with Crippen molar-refractivity contribution in [3.05, 3.63) is 35.9 Å². The zero-order valence-electron chi connectivity index (χ0n) is 26.1. The lowest BCUT2D eigenvalue weighted by molar-refractivity contribution is -0.130. The van der Waals surface area contributed by atoms with E-state index in [9.17, 15) is 9.59 Å². The maximum Gasteiger partial charge on any atom is 0.327 e. The Morgan fingerprint density at radius 1 is 0.829 bits per heavy atom. The second kappa shape index (κ2) is 26.8. The summed E-state index contributed by atoms with van der Waals surface area (Å²) in [6, 6.07) is 9.65. The average molecular weight is 495 g/mol. The van der Waals surface area contributed by atoms with E-state index in [1.54, 1.807) is 4.90 Å². The molecular weight excluding hydrogens is 432 g/mol. The topological polar surface area (TPSA) is 40.6 Å². The van der Waals surface area contributed by atoms with Crippen LogP contribution in [0.25, 0.3) is 0 Å². The van der Waals surface area contributed by atoms with Crippen LogP contribution in [-0.4, -0.2) is 35.3 Å². The van der Waals surface area contributed by atoms with Gasteiger partial charge in [0, 0.05) is 20.0 Å². The van der Waals surface area contributed by atoms with Gasteiger partial charge in [-0.3, -0.25) is 9.69 Å². The van der Waals surface area contributed by atoms with Crippen LogP contribution >= 0.6 is 0 Å². The molecule has 208 valence electrons. The van der Waals surface area contributed by atoms with Gasteiger partial charge in [0.25, 0.3) is 0 Å². The summed E-state index contributed by atoms with van der Waals surface area (Å²) in [5.41, 5.74) is 0.661. The second-order valence-electron chi connectivity index (χ2n) is 8.31. The Labute approximate surface area is 220 Å². The number of hydrogen-bond acceptors (Lipinski definition) is 2. The number of unbranched alkanes of at least 4 members (excludes halogenated alkanes) is 3. The number of rotatable bonds is 7. The first-order chi connectivity index (χ1) is 16.7. The van der Waals surface area contributed by atoms with E-state index in [0.29, 0.717) is 13.0 Å². The van der Waals surface area contributed by atoms with Crippen molar-refractivity contribution in [1.82, 2.24) is 9.80 Å². The molecule has 1 aromatic rings. The van der Waals surface area contributed by atoms with E-state index < -0.39 is 5.54 Å². The van der Waals surface area contributed by atoms with Gasteiger partial charge in [-0.2, -0.15) is 0 Å². The Kier molecular flexibility index (Phi) is 30.8. The van der Waals surface area contributed by atoms with Crippen LogP contribution in [0.4, 0.5) is 4.79 Å². The Morgan fingerprint density at radius 3 is 1.74 bits per heavy atom. The lowest BCUT2D eigenvalue weighted by atomic mass is 9.91. The number of benzene rings is 1. The van der Waals surface area contributed by atoms with Gasteiger partial charge < -0.3 is 4.90 Å². The molecule has 1 aliphatic heterocycles. The summed E-state index contributed by atoms with van der Waals surface area (Å²) in [6.07, 6.45) is 7.46. The van der Waals surface area contributed by atoms with Gasteiger partial charge in [-0.15, -0.1) is 0 Å². The zero-order valence-corrected chi connectivity index (χ0v) is 26.1. The summed E-state index contributed by atoms with van der Waals surface area (Å²) in [7, 11) is 1.54. The number of urea groups is 1. The van der Waals surface area contributed by atoms with E-state index in [2.05, 4.69) is 20.8 Å². The molecule has 1 aromatic carbocycles. The Hall–Kier alpha value is -1.84. The summed E-state index contributed by atoms with van der Waals surface area (Å²) < 4.78 is 0. The quantitative estimate of drug-likeness (QED) is 0.354. The molecule has 0 aromatic heterocycles. The van der Waals surface area contributed by atoms with Crippen LogP contribution in [0, 0.1) is 5.92 Å². The van der Waals surface area contributed by atoms with Crippen molar-refractivity contribution in [1.29, 1.82) is 0 Å². The normalized spacial score (nSPS) is 12.3. The standard InChI is InChI=1S/C14H18N2O2.C9H20.4C2H6/c1-14(2,11-7-5-4-6-8-11)16-10-9-12(17)15(3)13(16)18;1-4-5-6-7-8-9(2)3;4*1-2/h4-8H,9-10H2,1-3H3;9H,4-8H2,1-3H3;4*1-2H3. The van der Waals surface area contributed by atoms with E-state index in [0.717, 1.165) is 11.5 Å². The third kappa shape index (κ3) is 17.3. The summed E-state index contributed by atoms with van der Waals surface area (Å²) in [5.74, 6) is 0.793. The maximum absolute atomic E-state index is 12.2. The summed E-state index contributed by atoms with van der Waals surface area (Å²) >= 11 is 0. The minimum Gasteiger partial charge on any atom is -0.315 e. The van der Waals surface area contributed by atoms with Gasteiger partial charge in [-0.25, -0.2) is 4.79 Å². The van der Waals surface area contributed by atoms with Gasteiger partial charge in [0.1, 0.15) is 0 Å². The predicted molar refractivity (Wildman–Crippen MR) is 158 cm³/mol. The summed E-state index contributed by atoms with van der Waals surface area (Å²) in [5, 5.41) is 0. The highest BCUT2D eigenvalue weighted by Crippen LogP contribution is 2.30. The summed E-state index contributed by atoms with van der Waals surface area (Å²) in [6.45, 7) is 27.3. The van der Waals surface area contributed by atoms with Crippen LogP contribution in [0.2, 0.25) is 0 Å². The number of amides is 3. The van der Waals surface area contributed by atoms with Gasteiger partial charge in [-0.05, 0) is 25.3 Å². The van der Waals surface area contributed by atoms with Crippen molar-refractivity contribution >= 4 is 11.9 Å². The Bertz CT molecular complexity index is 583. The van der Waals surface area contributed by atoms with Crippen molar-refractivity contribution < 1.29 is 9.59 Å². The Morgan fingerprint density at radius 2 is 1.31 bits per heavy atom. The van der Waals surface area contributed by atoms with E-state index >= 15 is 0 Å². The third-order valence-electron chi connectivity index (χ3n) is 5.23. The summed E-state index contributed by atoms with van der Waals surface area (Å²) in [4.78, 5) is 26.6. The molecule has 1 aliphatic rings. The molecule has 4 heteroatoms. The van der Waals surface area contributed by atoms with Crippen LogP contribution in [0.15, 0.2) is 30.3 Å². The highest BCUT2D eigenvalue weighted by atomic mass is 16.2. The fraction of sp³-hybridized carbons (Fsp3) is 0.742. The van der Waals surface area contributed by atoms with Crippen molar-refractivity contribution in [3.63, 3.8) is 0 Å². The molecule has 0 bridgehead atoms. The van der Waals surface area contributed by atoms with E-state index in [1.807, 2.05) is 99.6 Å². The van der Waals surface area contributed by atoms with Crippen LogP contribution in [0.5, 0.6) is 0 Å². The van der Waals surface area contributed by atoms with Crippen LogP contribution in [-0.2, 0) is 10.3 Å². The molecule has 0 saturated carbocycles. The minimum atomic E-state index is -0.409. The Balaban J connectivity index is -0.000000240. The monoisotopic (exact) mass is 494 g/mol. The number of hydrogen-bond donors (Lipinski definition) is 0. The van der Waals surface area contributed by atoms with Crippen molar-refractivity contribution in [2.45, 2.75) is 134 Å². The lowest BCUT2D eigenvalue weighted by Gasteiger charge is -2.43. The largest absolute Gasteiger partial charge is 0.327 e. The molecule has 0 aliphatic carbocycles. The molecule has 4 nitrogen and oxygen atoms in total. The third-order valence-corrected chi connectivity index (χ3v) is 5.23. The van der Waals surface area contributed by atoms with Gasteiger partial charge in [0.2, 0.25) is 5.91 Å². The first kappa shape index (κ1) is 40.3. The highest BCUT2D eigenvalue weighted by Gasteiger charge is 2.38. The van der Waals surface area contributed by atoms with Crippen LogP contribution < -0.4 is 0 Å². The van der Waals surface area contributed by atoms with Gasteiger partial charge in [-0.1, -0.05) is 139 Å². The van der Waals surface area contributed by atoms with Crippen molar-refractivity contribution in [3.8, 4) is 0 Å². The number of carbonyl (C=O) groups is 2. The van der Waals surface area contributed by atoms with E-state index in [1.165, 1.54) is 44.1 Å². The van der Waals surface area contributed by atoms with Crippen LogP contribution in [0.3, 0.4) is 0 Å². The predicted octanol–water partition coefficient (Wildman–Crippen LogP) is 9.92. The molecule has 1 saturated heterocycles. The van der Waals surface area contributed by atoms with Crippen LogP contribution in [0.1, 0.15) is 134 Å². The molecule has 1 heterocycles. The van der Waals surface area contributed by atoms with Crippen molar-refractivity contribution in [2.24, 2.45) is 5.92 Å². The average Bonchev–Trinajstić information content (AvgIpc) is 2.90. The molecule has 2 rings (SSSR count). The zero-order chi connectivity index (χ0) is 28.4. The number of imide groups is 1. The first-order valence-electron chi connectivity index (χ1n) is 14.4. The SMILES string of the molecule is CC.CC.CC.CC.CCCCCCC(C)C.CN1C(=O)CCN(C(C)(C)c2ccccc2)C1=O. The van der Waals surface area contributed by atoms with Gasteiger partial charge in [0.15, 0.2) is 0 Å². The minimum absolute atomic E-state index is 0.111. The maximum atomic E-state index is 12.2. The molecular formula is C31H62N2O2. The number of nitrogens with zero attached hydrogens (tertiary/aromatic N) is 2. The molecule has 0 atom stereocenters. The molecule has 3 amide bonds. The molecule has 0 unspecified atom stereocenters. The van der Waals surface area contributed by atoms with E-state index in [-0.39, 0.29) is 11.9 Å². The smallest absolute Gasteiger partial charge is 0.315 e.